The highest BCUT2D eigenvalue weighted by Crippen LogP contribution is 2.23. The van der Waals surface area contributed by atoms with E-state index in [1.165, 1.54) is 0 Å². The van der Waals surface area contributed by atoms with E-state index in [1.807, 2.05) is 52.4 Å². The minimum atomic E-state index is 0.716. The summed E-state index contributed by atoms with van der Waals surface area (Å²) in [5, 5.41) is 9.10. The molecule has 3 heterocycles. The van der Waals surface area contributed by atoms with Gasteiger partial charge < -0.3 is 0 Å². The predicted octanol–water partition coefficient (Wildman–Crippen LogP) is 3.22. The Bertz CT molecular complexity index is 989. The third-order valence-electron chi connectivity index (χ3n) is 3.71. The summed E-state index contributed by atoms with van der Waals surface area (Å²) < 4.78 is 4.00. The van der Waals surface area contributed by atoms with Gasteiger partial charge in [0.25, 0.3) is 0 Å². The summed E-state index contributed by atoms with van der Waals surface area (Å²) in [7, 11) is 0. The molecule has 120 valence electrons. The molecule has 0 amide bonds. The Balaban J connectivity index is 1.58. The quantitative estimate of drug-likeness (QED) is 0.536. The van der Waals surface area contributed by atoms with E-state index in [2.05, 4.69) is 33.2 Å². The van der Waals surface area contributed by atoms with Crippen LogP contribution in [0, 0.1) is 13.8 Å². The highest BCUT2D eigenvalue weighted by Gasteiger charge is 2.10. The molecule has 4 rings (SSSR count). The third kappa shape index (κ3) is 2.78. The minimum absolute atomic E-state index is 0.716. The van der Waals surface area contributed by atoms with Crippen molar-refractivity contribution in [2.24, 2.45) is 0 Å². The zero-order valence-electron chi connectivity index (χ0n) is 13.4. The van der Waals surface area contributed by atoms with Crippen LogP contribution in [-0.2, 0) is 5.75 Å². The number of rotatable bonds is 4. The molecule has 7 heteroatoms. The molecule has 0 bridgehead atoms. The molecule has 24 heavy (non-hydrogen) atoms. The second-order valence-electron chi connectivity index (χ2n) is 5.55. The van der Waals surface area contributed by atoms with E-state index in [4.69, 9.17) is 0 Å². The Labute approximate surface area is 143 Å². The Morgan fingerprint density at radius 2 is 1.92 bits per heavy atom. The van der Waals surface area contributed by atoms with Crippen LogP contribution in [0.15, 0.2) is 54.1 Å². The van der Waals surface area contributed by atoms with Crippen LogP contribution in [0.2, 0.25) is 0 Å². The van der Waals surface area contributed by atoms with Gasteiger partial charge in [-0.2, -0.15) is 0 Å². The van der Waals surface area contributed by atoms with E-state index < -0.39 is 0 Å². The lowest BCUT2D eigenvalue weighted by molar-refractivity contribution is 0.883. The van der Waals surface area contributed by atoms with Gasteiger partial charge >= 0.3 is 0 Å². The third-order valence-corrected chi connectivity index (χ3v) is 4.69. The molecule has 0 aliphatic heterocycles. The first-order chi connectivity index (χ1) is 11.7. The van der Waals surface area contributed by atoms with Gasteiger partial charge in [-0.15, -0.1) is 10.2 Å². The molecular weight excluding hydrogens is 320 g/mol. The summed E-state index contributed by atoms with van der Waals surface area (Å²) in [5.41, 5.74) is 4.14. The van der Waals surface area contributed by atoms with E-state index >= 15 is 0 Å². The molecule has 0 spiro atoms. The van der Waals surface area contributed by atoms with Gasteiger partial charge in [0.15, 0.2) is 5.16 Å². The van der Waals surface area contributed by atoms with Gasteiger partial charge in [-0.3, -0.25) is 8.97 Å². The van der Waals surface area contributed by atoms with Crippen LogP contribution in [0.4, 0.5) is 0 Å². The average Bonchev–Trinajstić information content (AvgIpc) is 3.20. The molecule has 0 unspecified atom stereocenters. The number of benzene rings is 1. The standard InChI is InChI=1S/C17H16N6S/c1-12-8-13(2)22-9-14(20-16(22)19-12)10-24-17-21-18-11-23(17)15-6-4-3-5-7-15/h3-9,11H,10H2,1-2H3. The number of aromatic nitrogens is 6. The highest BCUT2D eigenvalue weighted by molar-refractivity contribution is 7.98. The Hall–Kier alpha value is -2.67. The molecule has 0 fully saturated rings. The van der Waals surface area contributed by atoms with Crippen molar-refractivity contribution in [1.82, 2.24) is 29.1 Å². The van der Waals surface area contributed by atoms with Crippen molar-refractivity contribution >= 4 is 17.5 Å². The van der Waals surface area contributed by atoms with Crippen LogP contribution in [0.25, 0.3) is 11.5 Å². The van der Waals surface area contributed by atoms with Gasteiger partial charge in [-0.1, -0.05) is 30.0 Å². The summed E-state index contributed by atoms with van der Waals surface area (Å²) in [6, 6.07) is 12.1. The summed E-state index contributed by atoms with van der Waals surface area (Å²) >= 11 is 1.61. The summed E-state index contributed by atoms with van der Waals surface area (Å²) in [5.74, 6) is 1.46. The van der Waals surface area contributed by atoms with E-state index in [1.54, 1.807) is 18.1 Å². The largest absolute Gasteiger partial charge is 0.288 e. The normalized spacial score (nSPS) is 11.2. The van der Waals surface area contributed by atoms with Crippen LogP contribution in [0.3, 0.4) is 0 Å². The second kappa shape index (κ2) is 6.09. The molecule has 0 N–H and O–H groups in total. The first-order valence-electron chi connectivity index (χ1n) is 7.61. The number of fused-ring (bicyclic) bond motifs is 1. The number of nitrogens with zero attached hydrogens (tertiary/aromatic N) is 6. The molecule has 0 radical (unpaired) electrons. The van der Waals surface area contributed by atoms with Gasteiger partial charge in [-0.05, 0) is 32.0 Å². The fourth-order valence-corrected chi connectivity index (χ4v) is 3.43. The number of thioether (sulfide) groups is 1. The fraction of sp³-hybridized carbons (Fsp3) is 0.176. The van der Waals surface area contributed by atoms with Gasteiger partial charge in [-0.25, -0.2) is 9.97 Å². The average molecular weight is 336 g/mol. The Kier molecular flexibility index (Phi) is 3.78. The fourth-order valence-electron chi connectivity index (χ4n) is 2.61. The summed E-state index contributed by atoms with van der Waals surface area (Å²) in [6.45, 7) is 4.05. The maximum absolute atomic E-state index is 4.61. The van der Waals surface area contributed by atoms with E-state index in [0.717, 1.165) is 33.7 Å². The maximum atomic E-state index is 4.61. The zero-order chi connectivity index (χ0) is 16.5. The Morgan fingerprint density at radius 3 is 2.75 bits per heavy atom. The van der Waals surface area contributed by atoms with E-state index in [-0.39, 0.29) is 0 Å². The van der Waals surface area contributed by atoms with Gasteiger partial charge in [0.05, 0.1) is 5.69 Å². The number of hydrogen-bond acceptors (Lipinski definition) is 5. The molecule has 3 aromatic heterocycles. The molecule has 0 aliphatic rings. The van der Waals surface area contributed by atoms with Gasteiger partial charge in [0, 0.05) is 29.0 Å². The lowest BCUT2D eigenvalue weighted by Crippen LogP contribution is -1.94. The van der Waals surface area contributed by atoms with Crippen molar-refractivity contribution in [3.8, 4) is 5.69 Å². The summed E-state index contributed by atoms with van der Waals surface area (Å²) in [6.07, 6.45) is 3.77. The van der Waals surface area contributed by atoms with Crippen LogP contribution in [-0.4, -0.2) is 29.1 Å². The monoisotopic (exact) mass is 336 g/mol. The number of imidazole rings is 1. The van der Waals surface area contributed by atoms with Crippen LogP contribution in [0.1, 0.15) is 17.1 Å². The van der Waals surface area contributed by atoms with Crippen molar-refractivity contribution in [2.75, 3.05) is 0 Å². The highest BCUT2D eigenvalue weighted by atomic mass is 32.2. The first-order valence-corrected chi connectivity index (χ1v) is 8.60. The number of hydrogen-bond donors (Lipinski definition) is 0. The molecule has 0 atom stereocenters. The Morgan fingerprint density at radius 1 is 1.08 bits per heavy atom. The summed E-state index contributed by atoms with van der Waals surface area (Å²) in [4.78, 5) is 9.09. The van der Waals surface area contributed by atoms with Crippen molar-refractivity contribution in [3.63, 3.8) is 0 Å². The van der Waals surface area contributed by atoms with Crippen LogP contribution in [0.5, 0.6) is 0 Å². The predicted molar refractivity (Wildman–Crippen MR) is 93.4 cm³/mol. The molecular formula is C17H16N6S. The van der Waals surface area contributed by atoms with Crippen LogP contribution >= 0.6 is 11.8 Å². The second-order valence-corrected chi connectivity index (χ2v) is 6.49. The number of para-hydroxylation sites is 1. The molecule has 0 saturated carbocycles. The van der Waals surface area contributed by atoms with Crippen molar-refractivity contribution < 1.29 is 0 Å². The molecule has 0 aliphatic carbocycles. The van der Waals surface area contributed by atoms with Crippen LogP contribution < -0.4 is 0 Å². The lowest BCUT2D eigenvalue weighted by Gasteiger charge is -2.04. The first kappa shape index (κ1) is 14.9. The smallest absolute Gasteiger partial charge is 0.234 e. The molecule has 1 aromatic carbocycles. The minimum Gasteiger partial charge on any atom is -0.288 e. The number of aryl methyl sites for hydroxylation is 2. The van der Waals surface area contributed by atoms with Gasteiger partial charge in [0.2, 0.25) is 5.78 Å². The lowest BCUT2D eigenvalue weighted by atomic mass is 10.3. The topological polar surface area (TPSA) is 60.9 Å². The zero-order valence-corrected chi connectivity index (χ0v) is 14.2. The van der Waals surface area contributed by atoms with Gasteiger partial charge in [0.1, 0.15) is 6.33 Å². The molecule has 6 nitrogen and oxygen atoms in total. The van der Waals surface area contributed by atoms with Crippen molar-refractivity contribution in [1.29, 1.82) is 0 Å². The molecule has 0 saturated heterocycles. The van der Waals surface area contributed by atoms with E-state index in [9.17, 15) is 0 Å². The SMILES string of the molecule is Cc1cc(C)n2cc(CSc3nncn3-c3ccccc3)nc2n1. The molecule has 4 aromatic rings. The maximum Gasteiger partial charge on any atom is 0.234 e. The van der Waals surface area contributed by atoms with E-state index in [0.29, 0.717) is 5.75 Å². The van der Waals surface area contributed by atoms with Crippen molar-refractivity contribution in [2.45, 2.75) is 24.8 Å². The van der Waals surface area contributed by atoms with Crippen molar-refractivity contribution in [3.05, 3.63) is 66.0 Å².